The SMILES string of the molecule is CC[C@H](N)C1=Nc2cccc(Cl)c2CN1c1ccccc1C. The minimum atomic E-state index is -0.0910. The van der Waals surface area contributed by atoms with Gasteiger partial charge in [0.1, 0.15) is 5.84 Å². The van der Waals surface area contributed by atoms with Crippen molar-refractivity contribution in [2.45, 2.75) is 32.9 Å². The van der Waals surface area contributed by atoms with Gasteiger partial charge in [-0.15, -0.1) is 0 Å². The first kappa shape index (κ1) is 15.1. The molecule has 0 bridgehead atoms. The molecule has 1 aliphatic rings. The molecular weight excluding hydrogens is 294 g/mol. The molecule has 1 atom stereocenters. The van der Waals surface area contributed by atoms with Crippen LogP contribution in [0.4, 0.5) is 11.4 Å². The average Bonchev–Trinajstić information content (AvgIpc) is 2.54. The molecule has 114 valence electrons. The molecule has 3 nitrogen and oxygen atoms in total. The Morgan fingerprint density at radius 2 is 2.00 bits per heavy atom. The number of aryl methyl sites for hydroxylation is 1. The number of fused-ring (bicyclic) bond motifs is 1. The van der Waals surface area contributed by atoms with E-state index in [0.717, 1.165) is 34.2 Å². The smallest absolute Gasteiger partial charge is 0.127 e. The number of para-hydroxylation sites is 1. The van der Waals surface area contributed by atoms with Gasteiger partial charge in [0.25, 0.3) is 0 Å². The first-order chi connectivity index (χ1) is 10.6. The second kappa shape index (κ2) is 6.11. The van der Waals surface area contributed by atoms with Crippen molar-refractivity contribution in [3.8, 4) is 0 Å². The molecule has 0 fully saturated rings. The van der Waals surface area contributed by atoms with Gasteiger partial charge in [-0.2, -0.15) is 0 Å². The molecule has 0 unspecified atom stereocenters. The highest BCUT2D eigenvalue weighted by Gasteiger charge is 2.26. The molecule has 0 amide bonds. The lowest BCUT2D eigenvalue weighted by molar-refractivity contribution is 0.783. The third-order valence-electron chi connectivity index (χ3n) is 4.10. The Morgan fingerprint density at radius 3 is 2.73 bits per heavy atom. The van der Waals surface area contributed by atoms with E-state index in [-0.39, 0.29) is 6.04 Å². The standard InChI is InChI=1S/C18H20ClN3/c1-3-15(20)18-21-16-9-6-8-14(19)13(16)11-22(18)17-10-5-4-7-12(17)2/h4-10,15H,3,11,20H2,1-2H3/t15-/m0/s1. The van der Waals surface area contributed by atoms with Crippen LogP contribution < -0.4 is 10.6 Å². The number of nitrogens with two attached hydrogens (primary N) is 1. The summed E-state index contributed by atoms with van der Waals surface area (Å²) in [5, 5.41) is 0.754. The van der Waals surface area contributed by atoms with E-state index in [1.165, 1.54) is 5.56 Å². The summed E-state index contributed by atoms with van der Waals surface area (Å²) in [6, 6.07) is 14.0. The molecule has 1 heterocycles. The fourth-order valence-electron chi connectivity index (χ4n) is 2.77. The molecule has 0 aliphatic carbocycles. The van der Waals surface area contributed by atoms with E-state index in [0.29, 0.717) is 6.54 Å². The van der Waals surface area contributed by atoms with Gasteiger partial charge in [0.2, 0.25) is 0 Å². The number of hydrogen-bond donors (Lipinski definition) is 1. The van der Waals surface area contributed by atoms with Crippen LogP contribution in [0, 0.1) is 6.92 Å². The van der Waals surface area contributed by atoms with Gasteiger partial charge >= 0.3 is 0 Å². The fourth-order valence-corrected chi connectivity index (χ4v) is 3.00. The molecule has 2 N–H and O–H groups in total. The number of nitrogens with zero attached hydrogens (tertiary/aromatic N) is 2. The monoisotopic (exact) mass is 313 g/mol. The summed E-state index contributed by atoms with van der Waals surface area (Å²) in [6.45, 7) is 4.88. The molecule has 0 saturated carbocycles. The van der Waals surface area contributed by atoms with Gasteiger partial charge < -0.3 is 10.6 Å². The molecule has 2 aromatic carbocycles. The van der Waals surface area contributed by atoms with Crippen LogP contribution in [0.3, 0.4) is 0 Å². The third-order valence-corrected chi connectivity index (χ3v) is 4.45. The maximum Gasteiger partial charge on any atom is 0.127 e. The number of benzene rings is 2. The largest absolute Gasteiger partial charge is 0.324 e. The lowest BCUT2D eigenvalue weighted by Crippen LogP contribution is -2.45. The summed E-state index contributed by atoms with van der Waals surface area (Å²) >= 11 is 6.37. The molecule has 0 radical (unpaired) electrons. The van der Waals surface area contributed by atoms with E-state index in [9.17, 15) is 0 Å². The highest BCUT2D eigenvalue weighted by atomic mass is 35.5. The van der Waals surface area contributed by atoms with Crippen LogP contribution in [0.1, 0.15) is 24.5 Å². The Morgan fingerprint density at radius 1 is 1.23 bits per heavy atom. The highest BCUT2D eigenvalue weighted by molar-refractivity contribution is 6.32. The maximum absolute atomic E-state index is 6.37. The number of hydrogen-bond acceptors (Lipinski definition) is 3. The summed E-state index contributed by atoms with van der Waals surface area (Å²) < 4.78 is 0. The molecule has 1 aliphatic heterocycles. The minimum absolute atomic E-state index is 0.0910. The van der Waals surface area contributed by atoms with Crippen molar-refractivity contribution < 1.29 is 0 Å². The average molecular weight is 314 g/mol. The summed E-state index contributed by atoms with van der Waals surface area (Å²) in [5.41, 5.74) is 10.6. The molecule has 0 aromatic heterocycles. The van der Waals surface area contributed by atoms with E-state index in [1.54, 1.807) is 0 Å². The summed E-state index contributed by atoms with van der Waals surface area (Å²) in [6.07, 6.45) is 0.844. The molecule has 0 spiro atoms. The zero-order valence-electron chi connectivity index (χ0n) is 12.9. The first-order valence-electron chi connectivity index (χ1n) is 7.56. The molecule has 2 aromatic rings. The molecule has 0 saturated heterocycles. The number of rotatable bonds is 3. The van der Waals surface area contributed by atoms with Gasteiger partial charge in [0, 0.05) is 16.3 Å². The number of aliphatic imine (C=N–C) groups is 1. The van der Waals surface area contributed by atoms with E-state index in [2.05, 4.69) is 30.9 Å². The van der Waals surface area contributed by atoms with E-state index in [1.807, 2.05) is 30.3 Å². The quantitative estimate of drug-likeness (QED) is 0.910. The second-order valence-electron chi connectivity index (χ2n) is 5.59. The van der Waals surface area contributed by atoms with Crippen LogP contribution >= 0.6 is 11.6 Å². The predicted molar refractivity (Wildman–Crippen MR) is 94.2 cm³/mol. The van der Waals surface area contributed by atoms with Crippen molar-refractivity contribution in [3.05, 3.63) is 58.6 Å². The molecule has 22 heavy (non-hydrogen) atoms. The van der Waals surface area contributed by atoms with Gasteiger partial charge in [-0.25, -0.2) is 4.99 Å². The van der Waals surface area contributed by atoms with Crippen molar-refractivity contribution in [1.29, 1.82) is 0 Å². The van der Waals surface area contributed by atoms with Crippen LogP contribution in [-0.2, 0) is 6.54 Å². The minimum Gasteiger partial charge on any atom is -0.324 e. The van der Waals surface area contributed by atoms with Crippen molar-refractivity contribution in [1.82, 2.24) is 0 Å². The van der Waals surface area contributed by atoms with Crippen LogP contribution in [0.15, 0.2) is 47.5 Å². The highest BCUT2D eigenvalue weighted by Crippen LogP contribution is 2.35. The van der Waals surface area contributed by atoms with Crippen molar-refractivity contribution in [2.75, 3.05) is 4.90 Å². The van der Waals surface area contributed by atoms with E-state index in [4.69, 9.17) is 22.3 Å². The zero-order valence-corrected chi connectivity index (χ0v) is 13.6. The fraction of sp³-hybridized carbons (Fsp3) is 0.278. The van der Waals surface area contributed by atoms with Crippen molar-refractivity contribution >= 4 is 28.8 Å². The van der Waals surface area contributed by atoms with Gasteiger partial charge in [0.15, 0.2) is 0 Å². The van der Waals surface area contributed by atoms with Crippen LogP contribution in [-0.4, -0.2) is 11.9 Å². The Kier molecular flexibility index (Phi) is 4.19. The predicted octanol–water partition coefficient (Wildman–Crippen LogP) is 4.44. The van der Waals surface area contributed by atoms with Crippen LogP contribution in [0.2, 0.25) is 5.02 Å². The van der Waals surface area contributed by atoms with Gasteiger partial charge in [-0.3, -0.25) is 0 Å². The summed E-state index contributed by atoms with van der Waals surface area (Å²) in [7, 11) is 0. The van der Waals surface area contributed by atoms with Gasteiger partial charge in [-0.05, 0) is 37.1 Å². The third kappa shape index (κ3) is 2.62. The molecule has 3 rings (SSSR count). The Balaban J connectivity index is 2.14. The van der Waals surface area contributed by atoms with Crippen molar-refractivity contribution in [3.63, 3.8) is 0 Å². The zero-order chi connectivity index (χ0) is 15.7. The van der Waals surface area contributed by atoms with Gasteiger partial charge in [0.05, 0.1) is 18.3 Å². The lowest BCUT2D eigenvalue weighted by Gasteiger charge is -2.34. The normalized spacial score (nSPS) is 15.3. The number of halogens is 1. The molecular formula is C18H20ClN3. The first-order valence-corrected chi connectivity index (χ1v) is 7.94. The Labute approximate surface area is 136 Å². The van der Waals surface area contributed by atoms with Gasteiger partial charge in [-0.1, -0.05) is 42.8 Å². The van der Waals surface area contributed by atoms with E-state index < -0.39 is 0 Å². The topological polar surface area (TPSA) is 41.6 Å². The van der Waals surface area contributed by atoms with Crippen LogP contribution in [0.25, 0.3) is 0 Å². The summed E-state index contributed by atoms with van der Waals surface area (Å²) in [5.74, 6) is 0.909. The van der Waals surface area contributed by atoms with E-state index >= 15 is 0 Å². The summed E-state index contributed by atoms with van der Waals surface area (Å²) in [4.78, 5) is 7.00. The Bertz CT molecular complexity index is 724. The number of amidine groups is 1. The lowest BCUT2D eigenvalue weighted by atomic mass is 10.0. The van der Waals surface area contributed by atoms with Crippen molar-refractivity contribution in [2.24, 2.45) is 10.7 Å². The Hall–Kier alpha value is -1.84. The second-order valence-corrected chi connectivity index (χ2v) is 6.00. The van der Waals surface area contributed by atoms with Crippen LogP contribution in [0.5, 0.6) is 0 Å². The molecule has 4 heteroatoms. The number of anilines is 1. The maximum atomic E-state index is 6.37.